The molecule has 2 heterocycles. The molecule has 1 unspecified atom stereocenters. The SMILES string of the molecule is Cl.O=C(OC1CCCN(c2ccccc2)C1)c1ccc(-c2cccs2)cc1. The lowest BCUT2D eigenvalue weighted by molar-refractivity contribution is 0.0270. The number of nitrogens with zero attached hydrogens (tertiary/aromatic N) is 1. The van der Waals surface area contributed by atoms with E-state index in [1.165, 1.54) is 10.6 Å². The van der Waals surface area contributed by atoms with Gasteiger partial charge in [-0.05, 0) is 54.1 Å². The summed E-state index contributed by atoms with van der Waals surface area (Å²) in [7, 11) is 0. The summed E-state index contributed by atoms with van der Waals surface area (Å²) < 4.78 is 5.78. The van der Waals surface area contributed by atoms with Crippen molar-refractivity contribution < 1.29 is 9.53 Å². The van der Waals surface area contributed by atoms with Crippen LogP contribution in [0.1, 0.15) is 23.2 Å². The zero-order valence-corrected chi connectivity index (χ0v) is 16.5. The van der Waals surface area contributed by atoms with E-state index < -0.39 is 0 Å². The molecule has 1 atom stereocenters. The van der Waals surface area contributed by atoms with Crippen LogP contribution in [0.4, 0.5) is 5.69 Å². The number of ether oxygens (including phenoxy) is 1. The number of carbonyl (C=O) groups is 1. The Bertz CT molecular complexity index is 850. The van der Waals surface area contributed by atoms with Gasteiger partial charge in [-0.15, -0.1) is 23.7 Å². The van der Waals surface area contributed by atoms with Crippen LogP contribution in [0.15, 0.2) is 72.1 Å². The fourth-order valence-electron chi connectivity index (χ4n) is 3.34. The number of para-hydroxylation sites is 1. The summed E-state index contributed by atoms with van der Waals surface area (Å²) in [6.45, 7) is 1.76. The number of thiophene rings is 1. The predicted molar refractivity (Wildman–Crippen MR) is 114 cm³/mol. The van der Waals surface area contributed by atoms with Gasteiger partial charge in [0.15, 0.2) is 0 Å². The Morgan fingerprint density at radius 3 is 2.48 bits per heavy atom. The number of rotatable bonds is 4. The fraction of sp³-hybridized carbons (Fsp3) is 0.227. The van der Waals surface area contributed by atoms with E-state index in [9.17, 15) is 4.79 Å². The maximum Gasteiger partial charge on any atom is 0.338 e. The van der Waals surface area contributed by atoms with Gasteiger partial charge in [0.2, 0.25) is 0 Å². The van der Waals surface area contributed by atoms with Gasteiger partial charge in [-0.3, -0.25) is 0 Å². The molecule has 0 N–H and O–H groups in total. The average molecular weight is 400 g/mol. The third-order valence-corrected chi connectivity index (χ3v) is 5.62. The van der Waals surface area contributed by atoms with E-state index in [4.69, 9.17) is 4.74 Å². The summed E-state index contributed by atoms with van der Waals surface area (Å²) in [6.07, 6.45) is 1.89. The minimum absolute atomic E-state index is 0. The molecule has 1 aromatic heterocycles. The number of hydrogen-bond donors (Lipinski definition) is 0. The van der Waals surface area contributed by atoms with Crippen LogP contribution in [0.25, 0.3) is 10.4 Å². The predicted octanol–water partition coefficient (Wildman–Crippen LogP) is 5.66. The van der Waals surface area contributed by atoms with Gasteiger partial charge >= 0.3 is 5.97 Å². The minimum Gasteiger partial charge on any atom is -0.457 e. The first kappa shape index (κ1) is 19.5. The summed E-state index contributed by atoms with van der Waals surface area (Å²) in [4.78, 5) is 16.0. The number of esters is 1. The molecule has 27 heavy (non-hydrogen) atoms. The van der Waals surface area contributed by atoms with Crippen molar-refractivity contribution in [2.45, 2.75) is 18.9 Å². The van der Waals surface area contributed by atoms with Crippen molar-refractivity contribution in [1.29, 1.82) is 0 Å². The molecule has 0 amide bonds. The Morgan fingerprint density at radius 1 is 1.00 bits per heavy atom. The molecule has 1 fully saturated rings. The highest BCUT2D eigenvalue weighted by atomic mass is 35.5. The second-order valence-corrected chi connectivity index (χ2v) is 7.45. The van der Waals surface area contributed by atoms with E-state index in [0.717, 1.165) is 31.5 Å². The van der Waals surface area contributed by atoms with E-state index in [0.29, 0.717) is 5.56 Å². The first-order chi connectivity index (χ1) is 12.8. The standard InChI is InChI=1S/C22H21NO2S.ClH/c24-22(18-12-10-17(11-13-18)21-9-5-15-26-21)25-20-8-4-14-23(16-20)19-6-2-1-3-7-19;/h1-3,5-7,9-13,15,20H,4,8,14,16H2;1H. The van der Waals surface area contributed by atoms with Crippen molar-refractivity contribution in [2.24, 2.45) is 0 Å². The summed E-state index contributed by atoms with van der Waals surface area (Å²) in [6, 6.07) is 22.1. The molecular formula is C22H22ClNO2S. The number of piperidine rings is 1. The average Bonchev–Trinajstić information content (AvgIpc) is 3.24. The van der Waals surface area contributed by atoms with Crippen LogP contribution >= 0.6 is 23.7 Å². The molecule has 1 aliphatic heterocycles. The second kappa shape index (κ2) is 9.07. The summed E-state index contributed by atoms with van der Waals surface area (Å²) in [5, 5.41) is 2.05. The lowest BCUT2D eigenvalue weighted by Gasteiger charge is -2.34. The van der Waals surface area contributed by atoms with Gasteiger partial charge in [0.25, 0.3) is 0 Å². The molecule has 3 aromatic rings. The summed E-state index contributed by atoms with van der Waals surface area (Å²) in [5.74, 6) is -0.234. The maximum absolute atomic E-state index is 12.5. The molecule has 0 bridgehead atoms. The molecule has 1 aliphatic rings. The van der Waals surface area contributed by atoms with Crippen molar-refractivity contribution in [3.63, 3.8) is 0 Å². The molecule has 2 aromatic carbocycles. The van der Waals surface area contributed by atoms with Crippen molar-refractivity contribution in [3.05, 3.63) is 77.7 Å². The lowest BCUT2D eigenvalue weighted by atomic mass is 10.1. The van der Waals surface area contributed by atoms with Gasteiger partial charge < -0.3 is 9.64 Å². The van der Waals surface area contributed by atoms with Gasteiger partial charge in [-0.1, -0.05) is 36.4 Å². The van der Waals surface area contributed by atoms with E-state index in [1.54, 1.807) is 11.3 Å². The zero-order valence-electron chi connectivity index (χ0n) is 14.9. The topological polar surface area (TPSA) is 29.5 Å². The van der Waals surface area contributed by atoms with Gasteiger partial charge in [0.05, 0.1) is 12.1 Å². The molecule has 140 valence electrons. The van der Waals surface area contributed by atoms with Crippen LogP contribution in [0, 0.1) is 0 Å². The lowest BCUT2D eigenvalue weighted by Crippen LogP contribution is -2.40. The first-order valence-electron chi connectivity index (χ1n) is 8.94. The van der Waals surface area contributed by atoms with Gasteiger partial charge in [-0.2, -0.15) is 0 Å². The number of benzene rings is 2. The van der Waals surface area contributed by atoms with Crippen molar-refractivity contribution in [1.82, 2.24) is 0 Å². The molecule has 0 saturated carbocycles. The number of halogens is 1. The molecule has 3 nitrogen and oxygen atoms in total. The summed E-state index contributed by atoms with van der Waals surface area (Å²) >= 11 is 1.70. The van der Waals surface area contributed by atoms with Gasteiger partial charge in [0, 0.05) is 17.1 Å². The van der Waals surface area contributed by atoms with Crippen molar-refractivity contribution in [2.75, 3.05) is 18.0 Å². The zero-order chi connectivity index (χ0) is 17.8. The molecule has 0 radical (unpaired) electrons. The Labute approximate surface area is 170 Å². The molecule has 0 spiro atoms. The maximum atomic E-state index is 12.5. The smallest absolute Gasteiger partial charge is 0.338 e. The normalized spacial score (nSPS) is 16.4. The largest absolute Gasteiger partial charge is 0.457 e. The fourth-order valence-corrected chi connectivity index (χ4v) is 4.07. The third-order valence-electron chi connectivity index (χ3n) is 4.70. The van der Waals surface area contributed by atoms with E-state index in [-0.39, 0.29) is 24.5 Å². The van der Waals surface area contributed by atoms with Crippen LogP contribution in [-0.2, 0) is 4.74 Å². The van der Waals surface area contributed by atoms with E-state index in [1.807, 2.05) is 48.5 Å². The van der Waals surface area contributed by atoms with Gasteiger partial charge in [0.1, 0.15) is 6.10 Å². The minimum atomic E-state index is -0.234. The Hall–Kier alpha value is -2.30. The molecule has 4 rings (SSSR count). The first-order valence-corrected chi connectivity index (χ1v) is 9.82. The molecule has 1 saturated heterocycles. The Morgan fingerprint density at radius 2 is 1.78 bits per heavy atom. The summed E-state index contributed by atoms with van der Waals surface area (Å²) in [5.41, 5.74) is 2.93. The Kier molecular flexibility index (Phi) is 6.54. The number of carbonyl (C=O) groups excluding carboxylic acids is 1. The molecular weight excluding hydrogens is 378 g/mol. The molecule has 5 heteroatoms. The monoisotopic (exact) mass is 399 g/mol. The third kappa shape index (κ3) is 4.71. The number of anilines is 1. The van der Waals surface area contributed by atoms with Crippen LogP contribution in [0.5, 0.6) is 0 Å². The highest BCUT2D eigenvalue weighted by Gasteiger charge is 2.23. The van der Waals surface area contributed by atoms with Crippen LogP contribution < -0.4 is 4.90 Å². The van der Waals surface area contributed by atoms with Gasteiger partial charge in [-0.25, -0.2) is 4.79 Å². The quantitative estimate of drug-likeness (QED) is 0.530. The van der Waals surface area contributed by atoms with Crippen LogP contribution in [0.3, 0.4) is 0 Å². The van der Waals surface area contributed by atoms with Crippen molar-refractivity contribution >= 4 is 35.4 Å². The van der Waals surface area contributed by atoms with E-state index in [2.05, 4.69) is 28.5 Å². The van der Waals surface area contributed by atoms with Crippen LogP contribution in [0.2, 0.25) is 0 Å². The highest BCUT2D eigenvalue weighted by Crippen LogP contribution is 2.25. The Balaban J connectivity index is 0.00000210. The van der Waals surface area contributed by atoms with Crippen molar-refractivity contribution in [3.8, 4) is 10.4 Å². The van der Waals surface area contributed by atoms with Crippen LogP contribution in [-0.4, -0.2) is 25.2 Å². The number of hydrogen-bond acceptors (Lipinski definition) is 4. The highest BCUT2D eigenvalue weighted by molar-refractivity contribution is 7.13. The second-order valence-electron chi connectivity index (χ2n) is 6.51. The van der Waals surface area contributed by atoms with E-state index >= 15 is 0 Å². The molecule has 0 aliphatic carbocycles.